The number of hydrazone groups is 1. The van der Waals surface area contributed by atoms with Crippen molar-refractivity contribution in [3.63, 3.8) is 0 Å². The van der Waals surface area contributed by atoms with Crippen LogP contribution >= 0.6 is 11.8 Å². The number of aromatic amines is 1. The minimum atomic E-state index is 0.661. The minimum Gasteiger partial charge on any atom is -0.354 e. The molecule has 0 unspecified atom stereocenters. The zero-order chi connectivity index (χ0) is 16.3. The molecule has 6 nitrogen and oxygen atoms in total. The Hall–Kier alpha value is -2.28. The molecule has 0 saturated carbocycles. The molecule has 1 heterocycles. The van der Waals surface area contributed by atoms with E-state index >= 15 is 0 Å². The van der Waals surface area contributed by atoms with Crippen LogP contribution in [-0.4, -0.2) is 41.5 Å². The highest BCUT2D eigenvalue weighted by Crippen LogP contribution is 2.11. The second-order valence-corrected chi connectivity index (χ2v) is 5.91. The van der Waals surface area contributed by atoms with Gasteiger partial charge in [-0.2, -0.15) is 16.9 Å². The first kappa shape index (κ1) is 17.1. The van der Waals surface area contributed by atoms with Gasteiger partial charge in [-0.05, 0) is 12.5 Å². The Labute approximate surface area is 140 Å². The van der Waals surface area contributed by atoms with E-state index in [0.717, 1.165) is 35.0 Å². The summed E-state index contributed by atoms with van der Waals surface area (Å²) in [5.74, 6) is 2.54. The molecular formula is C16H22N6S. The number of hydrogen-bond acceptors (Lipinski definition) is 4. The fourth-order valence-electron chi connectivity index (χ4n) is 1.82. The van der Waals surface area contributed by atoms with Crippen LogP contribution in [0.4, 0.5) is 0 Å². The number of nitrogens with zero attached hydrogens (tertiary/aromatic N) is 3. The Morgan fingerprint density at radius 3 is 2.87 bits per heavy atom. The molecular weight excluding hydrogens is 308 g/mol. The molecule has 0 amide bonds. The molecule has 0 bridgehead atoms. The third-order valence-electron chi connectivity index (χ3n) is 3.12. The first-order valence-corrected chi connectivity index (χ1v) is 8.56. The number of benzene rings is 1. The lowest BCUT2D eigenvalue weighted by atomic mass is 10.2. The number of aliphatic imine (C=N–C) groups is 1. The maximum absolute atomic E-state index is 4.28. The lowest BCUT2D eigenvalue weighted by Gasteiger charge is -2.08. The standard InChI is InChI=1S/C16H22N6S/c1-13-15(20-12-19-13)11-23-9-8-18-16(17-2)22-21-10-14-6-4-3-5-7-14/h3-7,10,12H,8-9,11H2,1-2H3,(H,19,20)(H2,17,18,22)/b21-10+. The summed E-state index contributed by atoms with van der Waals surface area (Å²) in [6, 6.07) is 9.93. The van der Waals surface area contributed by atoms with E-state index in [-0.39, 0.29) is 0 Å². The predicted molar refractivity (Wildman–Crippen MR) is 98.0 cm³/mol. The SMILES string of the molecule is CN=C(NCCSCc1nc[nH]c1C)N/N=C/c1ccccc1. The minimum absolute atomic E-state index is 0.661. The topological polar surface area (TPSA) is 77.5 Å². The van der Waals surface area contributed by atoms with Gasteiger partial charge in [0.2, 0.25) is 5.96 Å². The van der Waals surface area contributed by atoms with Crippen molar-refractivity contribution < 1.29 is 0 Å². The van der Waals surface area contributed by atoms with E-state index in [9.17, 15) is 0 Å². The van der Waals surface area contributed by atoms with Gasteiger partial charge in [-0.25, -0.2) is 10.4 Å². The molecule has 7 heteroatoms. The summed E-state index contributed by atoms with van der Waals surface area (Å²) in [5.41, 5.74) is 6.21. The molecule has 2 aromatic rings. The van der Waals surface area contributed by atoms with Gasteiger partial charge in [-0.3, -0.25) is 4.99 Å². The van der Waals surface area contributed by atoms with E-state index in [4.69, 9.17) is 0 Å². The van der Waals surface area contributed by atoms with Crippen molar-refractivity contribution in [1.29, 1.82) is 0 Å². The number of nitrogens with one attached hydrogen (secondary N) is 3. The molecule has 0 aliphatic heterocycles. The molecule has 122 valence electrons. The van der Waals surface area contributed by atoms with Crippen LogP contribution in [0.3, 0.4) is 0 Å². The Morgan fingerprint density at radius 2 is 2.17 bits per heavy atom. The molecule has 1 aromatic heterocycles. The number of hydrogen-bond donors (Lipinski definition) is 3. The third-order valence-corrected chi connectivity index (χ3v) is 4.09. The third kappa shape index (κ3) is 6.15. The number of thioether (sulfide) groups is 1. The summed E-state index contributed by atoms with van der Waals surface area (Å²) in [5, 5.41) is 7.40. The number of imidazole rings is 1. The Bertz CT molecular complexity index is 635. The van der Waals surface area contributed by atoms with E-state index in [1.807, 2.05) is 49.0 Å². The van der Waals surface area contributed by atoms with Gasteiger partial charge in [0, 0.05) is 30.8 Å². The first-order valence-electron chi connectivity index (χ1n) is 7.41. The Balaban J connectivity index is 1.63. The van der Waals surface area contributed by atoms with Crippen LogP contribution in [0.1, 0.15) is 17.0 Å². The summed E-state index contributed by atoms with van der Waals surface area (Å²) in [7, 11) is 1.73. The van der Waals surface area contributed by atoms with Crippen LogP contribution in [0.5, 0.6) is 0 Å². The average molecular weight is 330 g/mol. The Kier molecular flexibility index (Phi) is 7.19. The van der Waals surface area contributed by atoms with Crippen LogP contribution in [0.2, 0.25) is 0 Å². The number of aromatic nitrogens is 2. The summed E-state index contributed by atoms with van der Waals surface area (Å²) in [4.78, 5) is 11.5. The fraction of sp³-hybridized carbons (Fsp3) is 0.312. The van der Waals surface area contributed by atoms with Crippen LogP contribution in [0.15, 0.2) is 46.8 Å². The maximum atomic E-state index is 4.28. The van der Waals surface area contributed by atoms with Gasteiger partial charge < -0.3 is 10.3 Å². The van der Waals surface area contributed by atoms with Gasteiger partial charge in [-0.15, -0.1) is 0 Å². The number of rotatable bonds is 7. The zero-order valence-corrected chi connectivity index (χ0v) is 14.2. The molecule has 23 heavy (non-hydrogen) atoms. The van der Waals surface area contributed by atoms with Crippen molar-refractivity contribution in [2.75, 3.05) is 19.3 Å². The maximum Gasteiger partial charge on any atom is 0.211 e. The van der Waals surface area contributed by atoms with E-state index in [1.54, 1.807) is 19.6 Å². The lowest BCUT2D eigenvalue weighted by Crippen LogP contribution is -2.35. The number of aryl methyl sites for hydroxylation is 1. The van der Waals surface area contributed by atoms with Crippen molar-refractivity contribution in [2.24, 2.45) is 10.1 Å². The smallest absolute Gasteiger partial charge is 0.211 e. The van der Waals surface area contributed by atoms with Crippen molar-refractivity contribution in [3.05, 3.63) is 53.6 Å². The first-order chi connectivity index (χ1) is 11.3. The molecule has 0 saturated heterocycles. The van der Waals surface area contributed by atoms with Gasteiger partial charge in [0.1, 0.15) is 0 Å². The molecule has 0 fully saturated rings. The van der Waals surface area contributed by atoms with Gasteiger partial charge in [0.05, 0.1) is 18.2 Å². The van der Waals surface area contributed by atoms with Crippen LogP contribution in [-0.2, 0) is 5.75 Å². The van der Waals surface area contributed by atoms with E-state index in [2.05, 4.69) is 30.8 Å². The van der Waals surface area contributed by atoms with Crippen molar-refractivity contribution in [1.82, 2.24) is 20.7 Å². The van der Waals surface area contributed by atoms with E-state index in [1.165, 1.54) is 0 Å². The predicted octanol–water partition coefficient (Wildman–Crippen LogP) is 2.15. The monoisotopic (exact) mass is 330 g/mol. The highest BCUT2D eigenvalue weighted by molar-refractivity contribution is 7.98. The van der Waals surface area contributed by atoms with E-state index in [0.29, 0.717) is 5.96 Å². The molecule has 0 aliphatic rings. The van der Waals surface area contributed by atoms with Crippen LogP contribution in [0, 0.1) is 6.92 Å². The average Bonchev–Trinajstić information content (AvgIpc) is 2.99. The molecule has 0 spiro atoms. The Morgan fingerprint density at radius 1 is 1.35 bits per heavy atom. The van der Waals surface area contributed by atoms with Gasteiger partial charge in [0.25, 0.3) is 0 Å². The van der Waals surface area contributed by atoms with Crippen LogP contribution < -0.4 is 10.7 Å². The second kappa shape index (κ2) is 9.68. The quantitative estimate of drug-likeness (QED) is 0.315. The fourth-order valence-corrected chi connectivity index (χ4v) is 2.69. The highest BCUT2D eigenvalue weighted by atomic mass is 32.2. The molecule has 0 radical (unpaired) electrons. The summed E-state index contributed by atoms with van der Waals surface area (Å²) in [6.07, 6.45) is 3.50. The zero-order valence-electron chi connectivity index (χ0n) is 13.4. The normalized spacial score (nSPS) is 11.8. The van der Waals surface area contributed by atoms with Crippen molar-refractivity contribution in [3.8, 4) is 0 Å². The molecule has 2 rings (SSSR count). The van der Waals surface area contributed by atoms with Gasteiger partial charge in [0.15, 0.2) is 0 Å². The summed E-state index contributed by atoms with van der Waals surface area (Å²) >= 11 is 1.83. The van der Waals surface area contributed by atoms with Crippen molar-refractivity contribution in [2.45, 2.75) is 12.7 Å². The van der Waals surface area contributed by atoms with E-state index < -0.39 is 0 Å². The molecule has 3 N–H and O–H groups in total. The lowest BCUT2D eigenvalue weighted by molar-refractivity contribution is 0.879. The molecule has 0 atom stereocenters. The largest absolute Gasteiger partial charge is 0.354 e. The van der Waals surface area contributed by atoms with Gasteiger partial charge >= 0.3 is 0 Å². The van der Waals surface area contributed by atoms with Gasteiger partial charge in [-0.1, -0.05) is 30.3 Å². The van der Waals surface area contributed by atoms with Crippen molar-refractivity contribution >= 4 is 23.9 Å². The second-order valence-electron chi connectivity index (χ2n) is 4.81. The van der Waals surface area contributed by atoms with Crippen LogP contribution in [0.25, 0.3) is 0 Å². The summed E-state index contributed by atoms with van der Waals surface area (Å²) < 4.78 is 0. The number of guanidine groups is 1. The highest BCUT2D eigenvalue weighted by Gasteiger charge is 2.01. The molecule has 0 aliphatic carbocycles. The molecule has 1 aromatic carbocycles. The number of H-pyrrole nitrogens is 1. The summed E-state index contributed by atoms with van der Waals surface area (Å²) in [6.45, 7) is 2.85.